The monoisotopic (exact) mass is 478 g/mol. The van der Waals surface area contributed by atoms with Gasteiger partial charge in [0.05, 0.1) is 0 Å². The largest absolute Gasteiger partial charge is 0.382 e. The Morgan fingerprint density at radius 2 is 0.943 bits per heavy atom. The lowest BCUT2D eigenvalue weighted by Gasteiger charge is -2.49. The predicted octanol–water partition coefficient (Wildman–Crippen LogP) is 6.44. The molecule has 2 saturated carbocycles. The Bertz CT molecular complexity index is 871. The Kier molecular flexibility index (Phi) is 7.11. The van der Waals surface area contributed by atoms with Gasteiger partial charge in [0.1, 0.15) is 23.4 Å². The average molecular weight is 479 g/mol. The van der Waals surface area contributed by atoms with Crippen LogP contribution in [0, 0.1) is 11.8 Å². The van der Waals surface area contributed by atoms with E-state index in [4.69, 9.17) is 9.47 Å². The molecular weight excluding hydrogens is 436 g/mol. The summed E-state index contributed by atoms with van der Waals surface area (Å²) in [5.41, 5.74) is -0.778. The zero-order chi connectivity index (χ0) is 24.5. The molecule has 3 aliphatic rings. The minimum Gasteiger partial charge on any atom is -0.382 e. The Morgan fingerprint density at radius 3 is 1.29 bits per heavy atom. The van der Waals surface area contributed by atoms with Crippen molar-refractivity contribution in [3.63, 3.8) is 0 Å². The van der Waals surface area contributed by atoms with Gasteiger partial charge in [-0.3, -0.25) is 0 Å². The highest BCUT2D eigenvalue weighted by molar-refractivity contribution is 5.31. The topological polar surface area (TPSA) is 58.9 Å². The zero-order valence-electron chi connectivity index (χ0n) is 21.4. The molecule has 1 saturated heterocycles. The van der Waals surface area contributed by atoms with Crippen molar-refractivity contribution >= 4 is 0 Å². The molecule has 1 heterocycles. The van der Waals surface area contributed by atoms with Gasteiger partial charge in [-0.25, -0.2) is 0 Å². The van der Waals surface area contributed by atoms with Crippen LogP contribution in [0.15, 0.2) is 60.7 Å². The van der Waals surface area contributed by atoms with Crippen molar-refractivity contribution in [1.82, 2.24) is 0 Å². The molecule has 0 radical (unpaired) electrons. The van der Waals surface area contributed by atoms with Gasteiger partial charge in [0.2, 0.25) is 0 Å². The standard InChI is InChI=1S/C31H42O4/c1-29(2)34-27(30(32,23-15-7-3-8-16-23)24-17-9-4-10-18-24)28(35-29)31(33,25-19-11-5-12-20-25)26-21-13-6-14-22-26/h3,5,7-8,11-12,15-16,19-20,24,26-28,32-33H,4,6,9-10,13-14,17-18,21-22H2,1-2H3/t27-,28-,30-,31+/m1/s1. The minimum absolute atomic E-state index is 0.0510. The highest BCUT2D eigenvalue weighted by atomic mass is 16.8. The second kappa shape index (κ2) is 9.97. The molecule has 0 bridgehead atoms. The summed E-state index contributed by atoms with van der Waals surface area (Å²) in [5.74, 6) is -0.811. The number of rotatable bonds is 6. The maximum absolute atomic E-state index is 12.8. The van der Waals surface area contributed by atoms with Crippen molar-refractivity contribution in [2.45, 2.75) is 107 Å². The van der Waals surface area contributed by atoms with Crippen LogP contribution < -0.4 is 0 Å². The molecule has 2 aromatic carbocycles. The summed E-state index contributed by atoms with van der Waals surface area (Å²) in [6, 6.07) is 20.0. The SMILES string of the molecule is CC1(C)O[C@@H]([C@@](O)(c2ccccc2)C2CCCCC2)[C@H]([C@](O)(c2ccccc2)C2CCCCC2)O1. The normalized spacial score (nSPS) is 29.4. The van der Waals surface area contributed by atoms with Gasteiger partial charge in [0, 0.05) is 0 Å². The van der Waals surface area contributed by atoms with Gasteiger partial charge < -0.3 is 19.7 Å². The number of hydrogen-bond donors (Lipinski definition) is 2. The first-order chi connectivity index (χ1) is 16.9. The molecule has 2 N–H and O–H groups in total. The fraction of sp³-hybridized carbons (Fsp3) is 0.613. The first-order valence-corrected chi connectivity index (χ1v) is 13.8. The molecule has 4 heteroatoms. The number of ether oxygens (including phenoxy) is 2. The van der Waals surface area contributed by atoms with Crippen LogP contribution in [-0.4, -0.2) is 28.2 Å². The third-order valence-corrected chi connectivity index (χ3v) is 8.89. The number of hydrogen-bond acceptors (Lipinski definition) is 4. The first kappa shape index (κ1) is 25.0. The fourth-order valence-corrected chi connectivity index (χ4v) is 7.16. The third kappa shape index (κ3) is 4.59. The van der Waals surface area contributed by atoms with E-state index in [0.29, 0.717) is 0 Å². The predicted molar refractivity (Wildman–Crippen MR) is 138 cm³/mol. The third-order valence-electron chi connectivity index (χ3n) is 8.89. The van der Waals surface area contributed by atoms with Crippen molar-refractivity contribution in [1.29, 1.82) is 0 Å². The van der Waals surface area contributed by atoms with Crippen molar-refractivity contribution in [3.05, 3.63) is 71.8 Å². The lowest BCUT2D eigenvalue weighted by Crippen LogP contribution is -2.59. The molecule has 1 aliphatic heterocycles. The summed E-state index contributed by atoms with van der Waals surface area (Å²) in [6.45, 7) is 3.83. The summed E-state index contributed by atoms with van der Waals surface area (Å²) >= 11 is 0. The summed E-state index contributed by atoms with van der Waals surface area (Å²) in [5, 5.41) is 25.6. The van der Waals surface area contributed by atoms with Crippen molar-refractivity contribution < 1.29 is 19.7 Å². The molecule has 2 aromatic rings. The highest BCUT2D eigenvalue weighted by Crippen LogP contribution is 2.54. The summed E-state index contributed by atoms with van der Waals surface area (Å²) < 4.78 is 13.3. The maximum atomic E-state index is 12.8. The Hall–Kier alpha value is -1.72. The van der Waals surface area contributed by atoms with Crippen LogP contribution in [0.5, 0.6) is 0 Å². The van der Waals surface area contributed by atoms with Crippen molar-refractivity contribution in [2.75, 3.05) is 0 Å². The van der Waals surface area contributed by atoms with E-state index in [1.54, 1.807) is 0 Å². The van der Waals surface area contributed by atoms with Crippen LogP contribution in [0.3, 0.4) is 0 Å². The Balaban J connectivity index is 1.65. The molecule has 0 aromatic heterocycles. The van der Waals surface area contributed by atoms with E-state index in [0.717, 1.165) is 62.5 Å². The average Bonchev–Trinajstić information content (AvgIpc) is 3.26. The van der Waals surface area contributed by atoms with Gasteiger partial charge >= 0.3 is 0 Å². The molecule has 2 aliphatic carbocycles. The summed E-state index contributed by atoms with van der Waals surface area (Å²) in [4.78, 5) is 0. The zero-order valence-corrected chi connectivity index (χ0v) is 21.4. The van der Waals surface area contributed by atoms with Gasteiger partial charge in [-0.2, -0.15) is 0 Å². The van der Waals surface area contributed by atoms with E-state index in [1.807, 2.05) is 74.5 Å². The van der Waals surface area contributed by atoms with Crippen molar-refractivity contribution in [2.24, 2.45) is 11.8 Å². The van der Waals surface area contributed by atoms with Gasteiger partial charge in [0.25, 0.3) is 0 Å². The molecule has 5 rings (SSSR count). The van der Waals surface area contributed by atoms with Crippen LogP contribution >= 0.6 is 0 Å². The quantitative estimate of drug-likeness (QED) is 0.501. The fourth-order valence-electron chi connectivity index (χ4n) is 7.16. The minimum atomic E-state index is -1.25. The van der Waals surface area contributed by atoms with Crippen LogP contribution in [-0.2, 0) is 20.7 Å². The van der Waals surface area contributed by atoms with Crippen LogP contribution in [0.25, 0.3) is 0 Å². The van der Waals surface area contributed by atoms with Crippen LogP contribution in [0.4, 0.5) is 0 Å². The maximum Gasteiger partial charge on any atom is 0.164 e. The Morgan fingerprint density at radius 1 is 0.600 bits per heavy atom. The molecule has 190 valence electrons. The lowest BCUT2D eigenvalue weighted by atomic mass is 9.63. The molecule has 3 fully saturated rings. The number of benzene rings is 2. The first-order valence-electron chi connectivity index (χ1n) is 13.8. The molecule has 0 spiro atoms. The molecule has 0 unspecified atom stereocenters. The van der Waals surface area contributed by atoms with E-state index in [2.05, 4.69) is 0 Å². The van der Waals surface area contributed by atoms with E-state index in [9.17, 15) is 10.2 Å². The van der Waals surface area contributed by atoms with Gasteiger partial charge in [-0.05, 0) is 62.5 Å². The molecule has 4 atom stereocenters. The van der Waals surface area contributed by atoms with E-state index in [-0.39, 0.29) is 11.8 Å². The second-order valence-corrected chi connectivity index (χ2v) is 11.5. The van der Waals surface area contributed by atoms with E-state index >= 15 is 0 Å². The summed E-state index contributed by atoms with van der Waals surface area (Å²) in [6.07, 6.45) is 9.25. The molecule has 35 heavy (non-hydrogen) atoms. The van der Waals surface area contributed by atoms with Crippen molar-refractivity contribution in [3.8, 4) is 0 Å². The summed E-state index contributed by atoms with van der Waals surface area (Å²) in [7, 11) is 0. The Labute approximate surface area is 210 Å². The van der Waals surface area contributed by atoms with Crippen LogP contribution in [0.1, 0.15) is 89.2 Å². The molecule has 4 nitrogen and oxygen atoms in total. The lowest BCUT2D eigenvalue weighted by molar-refractivity contribution is -0.189. The molecule has 0 amide bonds. The van der Waals surface area contributed by atoms with Gasteiger partial charge in [0.15, 0.2) is 5.79 Å². The molecular formula is C31H42O4. The van der Waals surface area contributed by atoms with E-state index < -0.39 is 29.2 Å². The second-order valence-electron chi connectivity index (χ2n) is 11.5. The van der Waals surface area contributed by atoms with E-state index in [1.165, 1.54) is 12.8 Å². The number of aliphatic hydroxyl groups is 2. The van der Waals surface area contributed by atoms with Gasteiger partial charge in [-0.1, -0.05) is 99.2 Å². The smallest absolute Gasteiger partial charge is 0.164 e. The highest BCUT2D eigenvalue weighted by Gasteiger charge is 2.63. The van der Waals surface area contributed by atoms with Crippen LogP contribution in [0.2, 0.25) is 0 Å². The van der Waals surface area contributed by atoms with Gasteiger partial charge in [-0.15, -0.1) is 0 Å².